The normalized spacial score (nSPS) is 17.7. The number of alkyl halides is 4. The lowest BCUT2D eigenvalue weighted by atomic mass is 9.92. The second-order valence-electron chi connectivity index (χ2n) is 7.93. The van der Waals surface area contributed by atoms with Gasteiger partial charge >= 0.3 is 0 Å². The molecule has 11 heteroatoms. The highest BCUT2D eigenvalue weighted by atomic mass is 35.5. The van der Waals surface area contributed by atoms with E-state index in [1.54, 1.807) is 24.3 Å². The number of aromatic nitrogens is 2. The standard InChI is InChI=1S/C22H23Cl2F3N4O2/c23-16-3-1-2-14(10-16)6-9-31(21(33)19(24)25)18(15-11-28-13-29-12-15)20(32)30-17-4-7-22(26,27)8-5-17/h1-3,10-13,17-19H,4-9H2,(H,30,32). The number of hydrogen-bond acceptors (Lipinski definition) is 4. The lowest BCUT2D eigenvalue weighted by molar-refractivity contribution is -0.143. The van der Waals surface area contributed by atoms with Crippen LogP contribution in [0.5, 0.6) is 0 Å². The van der Waals surface area contributed by atoms with Crippen LogP contribution in [-0.4, -0.2) is 50.8 Å². The molecule has 0 spiro atoms. The summed E-state index contributed by atoms with van der Waals surface area (Å²) in [4.78, 5) is 34.8. The largest absolute Gasteiger partial charge is 0.351 e. The van der Waals surface area contributed by atoms with E-state index in [0.717, 1.165) is 10.5 Å². The van der Waals surface area contributed by atoms with Crippen LogP contribution < -0.4 is 5.32 Å². The van der Waals surface area contributed by atoms with Crippen LogP contribution in [0, 0.1) is 0 Å². The summed E-state index contributed by atoms with van der Waals surface area (Å²) in [5, 5.41) is 3.22. The molecular formula is C22H23Cl2F3N4O2. The van der Waals surface area contributed by atoms with Gasteiger partial charge in [0.15, 0.2) is 0 Å². The molecule has 1 aliphatic rings. The molecular weight excluding hydrogens is 480 g/mol. The lowest BCUT2D eigenvalue weighted by Crippen LogP contribution is -2.49. The van der Waals surface area contributed by atoms with Gasteiger partial charge in [-0.1, -0.05) is 35.3 Å². The summed E-state index contributed by atoms with van der Waals surface area (Å²) in [6, 6.07) is 5.11. The van der Waals surface area contributed by atoms with Gasteiger partial charge in [0.05, 0.1) is 0 Å². The summed E-state index contributed by atoms with van der Waals surface area (Å²) in [6.07, 6.45) is 3.69. The first-order valence-electron chi connectivity index (χ1n) is 10.4. The Morgan fingerprint density at radius 3 is 2.48 bits per heavy atom. The van der Waals surface area contributed by atoms with E-state index in [1.165, 1.54) is 18.7 Å². The third-order valence-corrected chi connectivity index (χ3v) is 5.94. The molecule has 1 fully saturated rings. The van der Waals surface area contributed by atoms with Gasteiger partial charge in [-0.3, -0.25) is 9.59 Å². The Kier molecular flexibility index (Phi) is 8.53. The SMILES string of the molecule is O=C(NC1CCC(F)(F)CC1)C(c1cncnc1)N(CCc1cccc(Cl)c1)C(=O)C(F)Cl. The van der Waals surface area contributed by atoms with Gasteiger partial charge in [-0.2, -0.15) is 0 Å². The van der Waals surface area contributed by atoms with Crippen LogP contribution in [0.15, 0.2) is 43.0 Å². The van der Waals surface area contributed by atoms with Crippen LogP contribution in [0.25, 0.3) is 0 Å². The van der Waals surface area contributed by atoms with Gasteiger partial charge < -0.3 is 10.2 Å². The third kappa shape index (κ3) is 7.04. The maximum atomic E-state index is 13.9. The number of hydrogen-bond donors (Lipinski definition) is 1. The van der Waals surface area contributed by atoms with Crippen molar-refractivity contribution in [3.63, 3.8) is 0 Å². The van der Waals surface area contributed by atoms with Crippen molar-refractivity contribution in [3.05, 3.63) is 59.1 Å². The van der Waals surface area contributed by atoms with Crippen molar-refractivity contribution in [1.82, 2.24) is 20.2 Å². The number of amides is 2. The number of carbonyl (C=O) groups excluding carboxylic acids is 2. The van der Waals surface area contributed by atoms with Gasteiger partial charge in [0, 0.05) is 48.4 Å². The monoisotopic (exact) mass is 502 g/mol. The number of rotatable bonds is 8. The Balaban J connectivity index is 1.85. The first-order valence-corrected chi connectivity index (χ1v) is 11.2. The summed E-state index contributed by atoms with van der Waals surface area (Å²) >= 11 is 11.5. The minimum Gasteiger partial charge on any atom is -0.351 e. The molecule has 2 unspecified atom stereocenters. The van der Waals surface area contributed by atoms with E-state index in [2.05, 4.69) is 15.3 Å². The highest BCUT2D eigenvalue weighted by Crippen LogP contribution is 2.33. The van der Waals surface area contributed by atoms with Crippen molar-refractivity contribution in [1.29, 1.82) is 0 Å². The number of halogens is 5. The molecule has 2 amide bonds. The molecule has 1 N–H and O–H groups in total. The van der Waals surface area contributed by atoms with Crippen LogP contribution in [-0.2, 0) is 16.0 Å². The van der Waals surface area contributed by atoms with Crippen molar-refractivity contribution in [3.8, 4) is 0 Å². The quantitative estimate of drug-likeness (QED) is 0.540. The van der Waals surface area contributed by atoms with E-state index in [4.69, 9.17) is 23.2 Å². The van der Waals surface area contributed by atoms with Gasteiger partial charge in [-0.25, -0.2) is 23.1 Å². The molecule has 1 aliphatic carbocycles. The zero-order valence-corrected chi connectivity index (χ0v) is 19.1. The molecule has 0 saturated heterocycles. The number of carbonyl (C=O) groups is 2. The number of nitrogens with one attached hydrogen (secondary N) is 1. The molecule has 1 heterocycles. The average Bonchev–Trinajstić information content (AvgIpc) is 2.78. The first-order chi connectivity index (χ1) is 15.7. The van der Waals surface area contributed by atoms with E-state index in [0.29, 0.717) is 5.02 Å². The summed E-state index contributed by atoms with van der Waals surface area (Å²) in [6.45, 7) is -0.0535. The van der Waals surface area contributed by atoms with Crippen molar-refractivity contribution in [2.45, 2.75) is 55.7 Å². The van der Waals surface area contributed by atoms with Crippen molar-refractivity contribution >= 4 is 35.0 Å². The fraction of sp³-hybridized carbons (Fsp3) is 0.455. The molecule has 2 atom stereocenters. The molecule has 0 radical (unpaired) electrons. The molecule has 1 aromatic carbocycles. The molecule has 3 rings (SSSR count). The average molecular weight is 503 g/mol. The molecule has 0 bridgehead atoms. The lowest BCUT2D eigenvalue weighted by Gasteiger charge is -2.34. The van der Waals surface area contributed by atoms with E-state index in [-0.39, 0.29) is 44.2 Å². The maximum Gasteiger partial charge on any atom is 0.273 e. The Hall–Kier alpha value is -2.39. The predicted molar refractivity (Wildman–Crippen MR) is 118 cm³/mol. The molecule has 33 heavy (non-hydrogen) atoms. The Morgan fingerprint density at radius 2 is 1.88 bits per heavy atom. The van der Waals surface area contributed by atoms with Gasteiger partial charge in [-0.15, -0.1) is 0 Å². The topological polar surface area (TPSA) is 75.2 Å². The Labute approximate surface area is 199 Å². The second kappa shape index (κ2) is 11.2. The predicted octanol–water partition coefficient (Wildman–Crippen LogP) is 4.47. The summed E-state index contributed by atoms with van der Waals surface area (Å²) in [7, 11) is 0. The summed E-state index contributed by atoms with van der Waals surface area (Å²) in [5.41, 5.74) is -1.37. The van der Waals surface area contributed by atoms with Gasteiger partial charge in [0.25, 0.3) is 11.5 Å². The van der Waals surface area contributed by atoms with Gasteiger partial charge in [-0.05, 0) is 37.0 Å². The Morgan fingerprint density at radius 1 is 1.21 bits per heavy atom. The van der Waals surface area contributed by atoms with E-state index >= 15 is 0 Å². The highest BCUT2D eigenvalue weighted by Gasteiger charge is 2.39. The molecule has 0 aliphatic heterocycles. The summed E-state index contributed by atoms with van der Waals surface area (Å²) in [5.74, 6) is -4.50. The van der Waals surface area contributed by atoms with E-state index in [9.17, 15) is 22.8 Å². The molecule has 178 valence electrons. The summed E-state index contributed by atoms with van der Waals surface area (Å²) < 4.78 is 40.9. The fourth-order valence-electron chi connectivity index (χ4n) is 3.82. The van der Waals surface area contributed by atoms with Crippen LogP contribution >= 0.6 is 23.2 Å². The first kappa shape index (κ1) is 25.2. The fourth-order valence-corrected chi connectivity index (χ4v) is 4.16. The molecule has 2 aromatic rings. The zero-order valence-electron chi connectivity index (χ0n) is 17.6. The second-order valence-corrected chi connectivity index (χ2v) is 8.75. The van der Waals surface area contributed by atoms with Crippen LogP contribution in [0.4, 0.5) is 13.2 Å². The minimum atomic E-state index is -2.76. The van der Waals surface area contributed by atoms with E-state index in [1.807, 2.05) is 0 Å². The third-order valence-electron chi connectivity index (χ3n) is 5.52. The Bertz CT molecular complexity index is 956. The maximum absolute atomic E-state index is 13.9. The van der Waals surface area contributed by atoms with Crippen LogP contribution in [0.2, 0.25) is 5.02 Å². The van der Waals surface area contributed by atoms with Gasteiger partial charge in [0.2, 0.25) is 11.8 Å². The van der Waals surface area contributed by atoms with Crippen molar-refractivity contribution < 1.29 is 22.8 Å². The minimum absolute atomic E-state index is 0.0535. The number of nitrogens with zero attached hydrogens (tertiary/aromatic N) is 3. The van der Waals surface area contributed by atoms with Gasteiger partial charge in [0.1, 0.15) is 12.4 Å². The number of benzene rings is 1. The zero-order chi connectivity index (χ0) is 24.0. The smallest absolute Gasteiger partial charge is 0.273 e. The molecule has 1 aromatic heterocycles. The van der Waals surface area contributed by atoms with Crippen LogP contribution in [0.3, 0.4) is 0 Å². The van der Waals surface area contributed by atoms with Crippen molar-refractivity contribution in [2.24, 2.45) is 0 Å². The van der Waals surface area contributed by atoms with E-state index < -0.39 is 35.5 Å². The molecule has 6 nitrogen and oxygen atoms in total. The molecule has 1 saturated carbocycles. The van der Waals surface area contributed by atoms with Crippen molar-refractivity contribution in [2.75, 3.05) is 6.54 Å². The van der Waals surface area contributed by atoms with Crippen LogP contribution in [0.1, 0.15) is 42.9 Å². The highest BCUT2D eigenvalue weighted by molar-refractivity contribution is 6.30.